The van der Waals surface area contributed by atoms with Crippen LogP contribution in [0.3, 0.4) is 0 Å². The number of carbonyl (C=O) groups is 1. The van der Waals surface area contributed by atoms with E-state index in [-0.39, 0.29) is 6.54 Å². The van der Waals surface area contributed by atoms with Gasteiger partial charge in [0, 0.05) is 6.54 Å². The largest absolute Gasteiger partial charge is 0.481 e. The lowest BCUT2D eigenvalue weighted by atomic mass is 9.78. The number of carboxylic acid groups (broad SMARTS) is 1. The molecule has 0 aromatic heterocycles. The van der Waals surface area contributed by atoms with Crippen LogP contribution in [0.25, 0.3) is 0 Å². The van der Waals surface area contributed by atoms with Crippen LogP contribution in [0.1, 0.15) is 39.0 Å². The first kappa shape index (κ1) is 10.5. The van der Waals surface area contributed by atoms with Crippen LogP contribution in [0.4, 0.5) is 0 Å². The van der Waals surface area contributed by atoms with E-state index in [1.807, 2.05) is 6.92 Å². The molecule has 0 spiro atoms. The molecule has 1 aliphatic rings. The van der Waals surface area contributed by atoms with Gasteiger partial charge in [0.05, 0.1) is 5.41 Å². The number of hydrogen-bond donors (Lipinski definition) is 2. The van der Waals surface area contributed by atoms with E-state index < -0.39 is 11.4 Å². The predicted octanol–water partition coefficient (Wildman–Crippen LogP) is 1.62. The zero-order valence-corrected chi connectivity index (χ0v) is 8.25. The molecule has 76 valence electrons. The Labute approximate surface area is 79.3 Å². The zero-order valence-electron chi connectivity index (χ0n) is 8.25. The van der Waals surface area contributed by atoms with Gasteiger partial charge in [0.15, 0.2) is 0 Å². The Morgan fingerprint density at radius 1 is 1.62 bits per heavy atom. The Hall–Kier alpha value is -0.570. The maximum atomic E-state index is 11.1. The van der Waals surface area contributed by atoms with E-state index in [1.165, 1.54) is 12.8 Å². The quantitative estimate of drug-likeness (QED) is 0.661. The minimum Gasteiger partial charge on any atom is -0.481 e. The van der Waals surface area contributed by atoms with E-state index in [9.17, 15) is 4.79 Å². The molecular formula is C10H19NO2. The lowest BCUT2D eigenvalue weighted by Crippen LogP contribution is -2.39. The van der Waals surface area contributed by atoms with Gasteiger partial charge in [0.1, 0.15) is 0 Å². The van der Waals surface area contributed by atoms with Gasteiger partial charge in [-0.3, -0.25) is 4.79 Å². The average Bonchev–Trinajstić information content (AvgIpc) is 2.87. The van der Waals surface area contributed by atoms with E-state index in [0.29, 0.717) is 5.92 Å². The van der Waals surface area contributed by atoms with E-state index in [4.69, 9.17) is 10.8 Å². The van der Waals surface area contributed by atoms with Crippen molar-refractivity contribution in [2.45, 2.75) is 39.0 Å². The van der Waals surface area contributed by atoms with Gasteiger partial charge in [-0.25, -0.2) is 0 Å². The van der Waals surface area contributed by atoms with Crippen molar-refractivity contribution >= 4 is 5.97 Å². The Morgan fingerprint density at radius 3 is 2.54 bits per heavy atom. The van der Waals surface area contributed by atoms with Crippen LogP contribution in [0.15, 0.2) is 0 Å². The topological polar surface area (TPSA) is 63.3 Å². The molecule has 3 nitrogen and oxygen atoms in total. The molecule has 0 aromatic carbocycles. The van der Waals surface area contributed by atoms with Crippen LogP contribution in [-0.4, -0.2) is 17.6 Å². The maximum absolute atomic E-state index is 11.1. The molecule has 0 amide bonds. The summed E-state index contributed by atoms with van der Waals surface area (Å²) in [6.45, 7) is 2.30. The monoisotopic (exact) mass is 185 g/mol. The minimum absolute atomic E-state index is 0.284. The fourth-order valence-electron chi connectivity index (χ4n) is 1.92. The van der Waals surface area contributed by atoms with Crippen molar-refractivity contribution in [2.75, 3.05) is 6.54 Å². The first-order valence-corrected chi connectivity index (χ1v) is 5.08. The molecule has 1 atom stereocenters. The molecule has 0 aromatic rings. The number of rotatable bonds is 6. The molecule has 1 saturated carbocycles. The average molecular weight is 185 g/mol. The van der Waals surface area contributed by atoms with E-state index in [0.717, 1.165) is 19.3 Å². The van der Waals surface area contributed by atoms with Crippen LogP contribution in [-0.2, 0) is 4.79 Å². The van der Waals surface area contributed by atoms with Gasteiger partial charge >= 0.3 is 5.97 Å². The highest BCUT2D eigenvalue weighted by Gasteiger charge is 2.41. The van der Waals surface area contributed by atoms with E-state index in [2.05, 4.69) is 0 Å². The normalized spacial score (nSPS) is 21.1. The number of aliphatic carboxylic acids is 1. The van der Waals surface area contributed by atoms with Crippen molar-refractivity contribution in [2.24, 2.45) is 17.1 Å². The van der Waals surface area contributed by atoms with Crippen molar-refractivity contribution in [1.82, 2.24) is 0 Å². The molecule has 0 aliphatic heterocycles. The highest BCUT2D eigenvalue weighted by atomic mass is 16.4. The second kappa shape index (κ2) is 4.09. The standard InChI is InChI=1S/C10H19NO2/c1-2-5-10(7-11,9(12)13)6-8-3-4-8/h8H,2-7,11H2,1H3,(H,12,13). The Kier molecular flexibility index (Phi) is 3.31. The molecule has 3 N–H and O–H groups in total. The summed E-state index contributed by atoms with van der Waals surface area (Å²) in [6, 6.07) is 0. The Bertz CT molecular complexity index is 189. The smallest absolute Gasteiger partial charge is 0.310 e. The Morgan fingerprint density at radius 2 is 2.23 bits per heavy atom. The second-order valence-corrected chi connectivity index (χ2v) is 4.19. The van der Waals surface area contributed by atoms with Gasteiger partial charge < -0.3 is 10.8 Å². The molecule has 0 radical (unpaired) electrons. The van der Waals surface area contributed by atoms with Crippen LogP contribution in [0.2, 0.25) is 0 Å². The first-order valence-electron chi connectivity index (χ1n) is 5.08. The molecule has 0 saturated heterocycles. The summed E-state index contributed by atoms with van der Waals surface area (Å²) in [4.78, 5) is 11.1. The van der Waals surface area contributed by atoms with Crippen LogP contribution >= 0.6 is 0 Å². The molecule has 1 rings (SSSR count). The summed E-state index contributed by atoms with van der Waals surface area (Å²) in [6.07, 6.45) is 4.79. The highest BCUT2D eigenvalue weighted by molar-refractivity contribution is 5.75. The molecule has 1 aliphatic carbocycles. The number of hydrogen-bond acceptors (Lipinski definition) is 2. The SMILES string of the molecule is CCCC(CN)(CC1CC1)C(=O)O. The molecule has 1 fully saturated rings. The van der Waals surface area contributed by atoms with Crippen molar-refractivity contribution in [3.63, 3.8) is 0 Å². The van der Waals surface area contributed by atoms with Gasteiger partial charge in [0.2, 0.25) is 0 Å². The molecule has 3 heteroatoms. The number of nitrogens with two attached hydrogens (primary N) is 1. The third kappa shape index (κ3) is 2.44. The summed E-state index contributed by atoms with van der Waals surface area (Å²) in [5.41, 5.74) is 4.96. The predicted molar refractivity (Wildman–Crippen MR) is 51.4 cm³/mol. The fourth-order valence-corrected chi connectivity index (χ4v) is 1.92. The summed E-state index contributed by atoms with van der Waals surface area (Å²) in [7, 11) is 0. The first-order chi connectivity index (χ1) is 6.14. The fraction of sp³-hybridized carbons (Fsp3) is 0.900. The third-order valence-electron chi connectivity index (χ3n) is 2.95. The molecule has 1 unspecified atom stereocenters. The second-order valence-electron chi connectivity index (χ2n) is 4.19. The molecule has 0 bridgehead atoms. The van der Waals surface area contributed by atoms with Gasteiger partial charge in [-0.15, -0.1) is 0 Å². The van der Waals surface area contributed by atoms with Gasteiger partial charge in [-0.2, -0.15) is 0 Å². The van der Waals surface area contributed by atoms with Crippen molar-refractivity contribution in [3.05, 3.63) is 0 Å². The molecule has 13 heavy (non-hydrogen) atoms. The van der Waals surface area contributed by atoms with Crippen molar-refractivity contribution in [3.8, 4) is 0 Å². The van der Waals surface area contributed by atoms with Gasteiger partial charge in [-0.1, -0.05) is 26.2 Å². The summed E-state index contributed by atoms with van der Waals surface area (Å²) in [5.74, 6) is -0.0741. The van der Waals surface area contributed by atoms with Crippen molar-refractivity contribution < 1.29 is 9.90 Å². The number of carboxylic acids is 1. The summed E-state index contributed by atoms with van der Waals surface area (Å²) < 4.78 is 0. The molecular weight excluding hydrogens is 166 g/mol. The minimum atomic E-state index is -0.705. The molecule has 0 heterocycles. The third-order valence-corrected chi connectivity index (χ3v) is 2.95. The highest BCUT2D eigenvalue weighted by Crippen LogP contribution is 2.42. The lowest BCUT2D eigenvalue weighted by molar-refractivity contribution is -0.149. The zero-order chi connectivity index (χ0) is 9.90. The maximum Gasteiger partial charge on any atom is 0.310 e. The van der Waals surface area contributed by atoms with Crippen molar-refractivity contribution in [1.29, 1.82) is 0 Å². The summed E-state index contributed by atoms with van der Waals surface area (Å²) >= 11 is 0. The van der Waals surface area contributed by atoms with E-state index >= 15 is 0 Å². The van der Waals surface area contributed by atoms with Crippen LogP contribution in [0.5, 0.6) is 0 Å². The summed E-state index contributed by atoms with van der Waals surface area (Å²) in [5, 5.41) is 9.15. The van der Waals surface area contributed by atoms with Crippen LogP contribution in [0, 0.1) is 11.3 Å². The van der Waals surface area contributed by atoms with E-state index in [1.54, 1.807) is 0 Å². The van der Waals surface area contributed by atoms with Crippen LogP contribution < -0.4 is 5.73 Å². The van der Waals surface area contributed by atoms with Gasteiger partial charge in [-0.05, 0) is 18.8 Å². The lowest BCUT2D eigenvalue weighted by Gasteiger charge is -2.27. The van der Waals surface area contributed by atoms with Gasteiger partial charge in [0.25, 0.3) is 0 Å². The Balaban J connectivity index is 2.61.